The Morgan fingerprint density at radius 1 is 0.840 bits per heavy atom. The van der Waals surface area contributed by atoms with Crippen LogP contribution >= 0.6 is 0 Å². The van der Waals surface area contributed by atoms with E-state index < -0.39 is 0 Å². The fraction of sp³-hybridized carbons (Fsp3) is 0.478. The molecule has 0 saturated heterocycles. The van der Waals surface area contributed by atoms with Crippen molar-refractivity contribution in [3.63, 3.8) is 0 Å². The third-order valence-electron chi connectivity index (χ3n) is 4.83. The molecule has 0 aliphatic heterocycles. The number of benzene rings is 2. The van der Waals surface area contributed by atoms with Crippen molar-refractivity contribution in [2.24, 2.45) is 5.92 Å². The van der Waals surface area contributed by atoms with Crippen molar-refractivity contribution in [3.8, 4) is 0 Å². The molecule has 0 bridgehead atoms. The van der Waals surface area contributed by atoms with Crippen LogP contribution in [-0.4, -0.2) is 6.54 Å². The van der Waals surface area contributed by atoms with Crippen molar-refractivity contribution < 1.29 is 4.39 Å². The first-order valence-corrected chi connectivity index (χ1v) is 9.81. The number of nitrogens with one attached hydrogen (secondary N) is 1. The minimum Gasteiger partial charge on any atom is -0.385 e. The van der Waals surface area contributed by atoms with Gasteiger partial charge in [0.15, 0.2) is 0 Å². The van der Waals surface area contributed by atoms with Crippen LogP contribution in [0.25, 0.3) is 0 Å². The lowest BCUT2D eigenvalue weighted by Gasteiger charge is -2.18. The third kappa shape index (κ3) is 8.20. The molecule has 0 saturated carbocycles. The van der Waals surface area contributed by atoms with Crippen molar-refractivity contribution in [1.82, 2.24) is 0 Å². The van der Waals surface area contributed by atoms with Crippen LogP contribution in [0.15, 0.2) is 54.6 Å². The zero-order chi connectivity index (χ0) is 17.7. The Labute approximate surface area is 152 Å². The fourth-order valence-corrected chi connectivity index (χ4v) is 3.25. The van der Waals surface area contributed by atoms with Gasteiger partial charge in [0.1, 0.15) is 5.82 Å². The van der Waals surface area contributed by atoms with E-state index in [-0.39, 0.29) is 5.82 Å². The van der Waals surface area contributed by atoms with Gasteiger partial charge in [-0.25, -0.2) is 4.39 Å². The zero-order valence-electron chi connectivity index (χ0n) is 15.5. The summed E-state index contributed by atoms with van der Waals surface area (Å²) in [4.78, 5) is 0. The highest BCUT2D eigenvalue weighted by molar-refractivity contribution is 5.42. The summed E-state index contributed by atoms with van der Waals surface area (Å²) in [5.74, 6) is 0.535. The molecule has 1 atom stereocenters. The predicted molar refractivity (Wildman–Crippen MR) is 107 cm³/mol. The van der Waals surface area contributed by atoms with Crippen LogP contribution in [-0.2, 0) is 6.42 Å². The molecule has 136 valence electrons. The molecule has 1 unspecified atom stereocenters. The molecule has 0 aliphatic rings. The summed E-state index contributed by atoms with van der Waals surface area (Å²) in [5.41, 5.74) is 2.47. The van der Waals surface area contributed by atoms with Gasteiger partial charge in [0, 0.05) is 12.2 Å². The van der Waals surface area contributed by atoms with Crippen molar-refractivity contribution in [1.29, 1.82) is 0 Å². The molecule has 2 rings (SSSR count). The first kappa shape index (κ1) is 19.5. The number of unbranched alkanes of at least 4 members (excludes halogenated alkanes) is 3. The SMILES string of the molecule is CCCCC(CCCCCc1ccccc1)CNc1ccc(F)cc1. The first-order chi connectivity index (χ1) is 12.3. The molecule has 0 amide bonds. The quantitative estimate of drug-likeness (QED) is 0.416. The molecule has 0 spiro atoms. The van der Waals surface area contributed by atoms with Crippen LogP contribution in [0.3, 0.4) is 0 Å². The minimum atomic E-state index is -0.175. The maximum absolute atomic E-state index is 13.0. The average molecular weight is 342 g/mol. The van der Waals surface area contributed by atoms with E-state index in [1.54, 1.807) is 0 Å². The standard InChI is InChI=1S/C23H32FN/c1-2-3-10-21(19-25-23-17-15-22(24)16-18-23)14-9-5-8-13-20-11-6-4-7-12-20/h4,6-7,11-12,15-18,21,25H,2-3,5,8-10,13-14,19H2,1H3. The summed E-state index contributed by atoms with van der Waals surface area (Å²) in [6.45, 7) is 3.24. The highest BCUT2D eigenvalue weighted by atomic mass is 19.1. The molecule has 0 fully saturated rings. The van der Waals surface area contributed by atoms with Gasteiger partial charge >= 0.3 is 0 Å². The van der Waals surface area contributed by atoms with E-state index in [0.29, 0.717) is 5.92 Å². The number of hydrogen-bond acceptors (Lipinski definition) is 1. The lowest BCUT2D eigenvalue weighted by atomic mass is 9.94. The Hall–Kier alpha value is -1.83. The number of aryl methyl sites for hydroxylation is 1. The molecular formula is C23H32FN. The maximum atomic E-state index is 13.0. The Bertz CT molecular complexity index is 564. The van der Waals surface area contributed by atoms with Gasteiger partial charge in [0.25, 0.3) is 0 Å². The molecule has 2 aromatic rings. The molecule has 25 heavy (non-hydrogen) atoms. The Morgan fingerprint density at radius 2 is 1.56 bits per heavy atom. The van der Waals surface area contributed by atoms with Gasteiger partial charge in [-0.15, -0.1) is 0 Å². The van der Waals surface area contributed by atoms with Crippen LogP contribution in [0, 0.1) is 11.7 Å². The molecule has 1 N–H and O–H groups in total. The maximum Gasteiger partial charge on any atom is 0.123 e. The number of halogens is 1. The molecule has 0 aromatic heterocycles. The molecule has 0 aliphatic carbocycles. The average Bonchev–Trinajstić information content (AvgIpc) is 2.65. The van der Waals surface area contributed by atoms with Crippen molar-refractivity contribution in [3.05, 3.63) is 66.0 Å². The van der Waals surface area contributed by atoms with Gasteiger partial charge in [0.2, 0.25) is 0 Å². The number of rotatable bonds is 12. The second-order valence-electron chi connectivity index (χ2n) is 6.98. The first-order valence-electron chi connectivity index (χ1n) is 9.81. The molecule has 0 radical (unpaired) electrons. The van der Waals surface area contributed by atoms with E-state index in [1.165, 1.54) is 69.1 Å². The summed E-state index contributed by atoms with van der Waals surface area (Å²) in [7, 11) is 0. The van der Waals surface area contributed by atoms with Crippen LogP contribution < -0.4 is 5.32 Å². The lowest BCUT2D eigenvalue weighted by Crippen LogP contribution is -2.14. The monoisotopic (exact) mass is 341 g/mol. The van der Waals surface area contributed by atoms with Gasteiger partial charge in [-0.2, -0.15) is 0 Å². The molecule has 0 heterocycles. The van der Waals surface area contributed by atoms with Gasteiger partial charge in [0.05, 0.1) is 0 Å². The lowest BCUT2D eigenvalue weighted by molar-refractivity contribution is 0.430. The second-order valence-corrected chi connectivity index (χ2v) is 6.98. The minimum absolute atomic E-state index is 0.175. The summed E-state index contributed by atoms with van der Waals surface area (Å²) >= 11 is 0. The van der Waals surface area contributed by atoms with E-state index in [0.717, 1.165) is 12.2 Å². The van der Waals surface area contributed by atoms with E-state index >= 15 is 0 Å². The normalized spacial score (nSPS) is 12.1. The second kappa shape index (κ2) is 11.7. The van der Waals surface area contributed by atoms with Crippen molar-refractivity contribution in [2.45, 2.75) is 58.3 Å². The summed E-state index contributed by atoms with van der Waals surface area (Å²) < 4.78 is 13.0. The number of anilines is 1. The summed E-state index contributed by atoms with van der Waals surface area (Å²) in [6.07, 6.45) is 10.2. The van der Waals surface area contributed by atoms with Gasteiger partial charge in [-0.3, -0.25) is 0 Å². The summed E-state index contributed by atoms with van der Waals surface area (Å²) in [6, 6.07) is 17.5. The zero-order valence-corrected chi connectivity index (χ0v) is 15.5. The molecule has 2 aromatic carbocycles. The summed E-state index contributed by atoms with van der Waals surface area (Å²) in [5, 5.41) is 3.48. The Morgan fingerprint density at radius 3 is 2.28 bits per heavy atom. The van der Waals surface area contributed by atoms with E-state index in [1.807, 2.05) is 12.1 Å². The largest absolute Gasteiger partial charge is 0.385 e. The van der Waals surface area contributed by atoms with E-state index in [4.69, 9.17) is 0 Å². The van der Waals surface area contributed by atoms with Crippen LogP contribution in [0.5, 0.6) is 0 Å². The third-order valence-corrected chi connectivity index (χ3v) is 4.83. The molecular weight excluding hydrogens is 309 g/mol. The molecule has 2 heteroatoms. The smallest absolute Gasteiger partial charge is 0.123 e. The van der Waals surface area contributed by atoms with Crippen LogP contribution in [0.4, 0.5) is 10.1 Å². The van der Waals surface area contributed by atoms with Crippen molar-refractivity contribution >= 4 is 5.69 Å². The Kier molecular flexibility index (Phi) is 9.11. The number of hydrogen-bond donors (Lipinski definition) is 1. The Balaban J connectivity index is 1.66. The van der Waals surface area contributed by atoms with Crippen LogP contribution in [0.2, 0.25) is 0 Å². The van der Waals surface area contributed by atoms with E-state index in [9.17, 15) is 4.39 Å². The van der Waals surface area contributed by atoms with Crippen molar-refractivity contribution in [2.75, 3.05) is 11.9 Å². The van der Waals surface area contributed by atoms with Gasteiger partial charge in [-0.05, 0) is 61.4 Å². The highest BCUT2D eigenvalue weighted by Crippen LogP contribution is 2.19. The topological polar surface area (TPSA) is 12.0 Å². The molecule has 1 nitrogen and oxygen atoms in total. The highest BCUT2D eigenvalue weighted by Gasteiger charge is 2.08. The predicted octanol–water partition coefficient (Wildman–Crippen LogP) is 6.85. The van der Waals surface area contributed by atoms with Crippen LogP contribution in [0.1, 0.15) is 57.4 Å². The van der Waals surface area contributed by atoms with Gasteiger partial charge < -0.3 is 5.32 Å². The van der Waals surface area contributed by atoms with Gasteiger partial charge in [-0.1, -0.05) is 62.9 Å². The fourth-order valence-electron chi connectivity index (χ4n) is 3.25. The van der Waals surface area contributed by atoms with E-state index in [2.05, 4.69) is 42.6 Å².